The minimum Gasteiger partial charge on any atom is -0.466 e. The summed E-state index contributed by atoms with van der Waals surface area (Å²) < 4.78 is 41.2. The largest absolute Gasteiger partial charge is 0.466 e. The van der Waals surface area contributed by atoms with E-state index >= 15 is 0 Å². The van der Waals surface area contributed by atoms with E-state index in [1.54, 1.807) is 0 Å². The van der Waals surface area contributed by atoms with Crippen LogP contribution in [0.1, 0.15) is 84.0 Å². The van der Waals surface area contributed by atoms with Crippen molar-refractivity contribution in [2.24, 2.45) is 0 Å². The quantitative estimate of drug-likeness (QED) is 0.153. The average Bonchev–Trinajstić information content (AvgIpc) is 2.64. The lowest BCUT2D eigenvalue weighted by Crippen LogP contribution is -2.34. The van der Waals surface area contributed by atoms with Crippen LogP contribution in [-0.4, -0.2) is 43.4 Å². The molecule has 0 aromatic rings. The zero-order valence-electron chi connectivity index (χ0n) is 17.1. The summed E-state index contributed by atoms with van der Waals surface area (Å²) in [4.78, 5) is 23.4. The van der Waals surface area contributed by atoms with Gasteiger partial charge in [0.15, 0.2) is 5.25 Å². The first-order valence-corrected chi connectivity index (χ1v) is 11.7. The predicted molar refractivity (Wildman–Crippen MR) is 109 cm³/mol. The Hall–Kier alpha value is -1.41. The Balaban J connectivity index is 3.84. The summed E-state index contributed by atoms with van der Waals surface area (Å²) in [6, 6.07) is 0. The van der Waals surface area contributed by atoms with Gasteiger partial charge in [0.1, 0.15) is 6.61 Å². The van der Waals surface area contributed by atoms with Crippen LogP contribution in [0.2, 0.25) is 0 Å². The van der Waals surface area contributed by atoms with E-state index < -0.39 is 33.7 Å². The first kappa shape index (κ1) is 26.6. The Bertz CT molecular complexity index is 543. The van der Waals surface area contributed by atoms with Gasteiger partial charge in [0.25, 0.3) is 10.1 Å². The fourth-order valence-electron chi connectivity index (χ4n) is 2.71. The zero-order chi connectivity index (χ0) is 21.3. The Morgan fingerprint density at radius 1 is 0.929 bits per heavy atom. The predicted octanol–water partition coefficient (Wildman–Crippen LogP) is 4.22. The third-order valence-electron chi connectivity index (χ3n) is 4.33. The Labute approximate surface area is 169 Å². The molecule has 0 saturated carbocycles. The van der Waals surface area contributed by atoms with E-state index in [1.165, 1.54) is 51.0 Å². The first-order chi connectivity index (χ1) is 13.3. The summed E-state index contributed by atoms with van der Waals surface area (Å²) in [6.45, 7) is 5.49. The van der Waals surface area contributed by atoms with Crippen molar-refractivity contribution in [2.75, 3.05) is 13.2 Å². The van der Waals surface area contributed by atoms with Gasteiger partial charge in [-0.2, -0.15) is 8.42 Å². The van der Waals surface area contributed by atoms with E-state index in [9.17, 15) is 18.0 Å². The molecule has 0 aliphatic heterocycles. The minimum atomic E-state index is -4.76. The zero-order valence-corrected chi connectivity index (χ0v) is 17.9. The maximum absolute atomic E-state index is 11.7. The maximum Gasteiger partial charge on any atom is 0.327 e. The second kappa shape index (κ2) is 16.5. The molecule has 0 aliphatic carbocycles. The number of ether oxygens (including phenoxy) is 2. The van der Waals surface area contributed by atoms with Gasteiger partial charge in [0, 0.05) is 0 Å². The van der Waals surface area contributed by atoms with E-state index in [0.717, 1.165) is 19.3 Å². The monoisotopic (exact) mass is 420 g/mol. The molecule has 0 fully saturated rings. The number of rotatable bonds is 18. The second-order valence-corrected chi connectivity index (χ2v) is 8.48. The molecule has 0 amide bonds. The highest BCUT2D eigenvalue weighted by Crippen LogP contribution is 2.12. The summed E-state index contributed by atoms with van der Waals surface area (Å²) in [6.07, 6.45) is 13.3. The Kier molecular flexibility index (Phi) is 15.7. The third-order valence-corrected chi connectivity index (χ3v) is 5.41. The van der Waals surface area contributed by atoms with Gasteiger partial charge in [-0.15, -0.1) is 0 Å². The van der Waals surface area contributed by atoms with E-state index in [1.807, 2.05) is 0 Å². The number of carbonyl (C=O) groups excluding carboxylic acids is 2. The molecule has 0 bridgehead atoms. The van der Waals surface area contributed by atoms with Gasteiger partial charge >= 0.3 is 11.9 Å². The van der Waals surface area contributed by atoms with Crippen LogP contribution < -0.4 is 0 Å². The topological polar surface area (TPSA) is 107 Å². The highest BCUT2D eigenvalue weighted by molar-refractivity contribution is 7.87. The summed E-state index contributed by atoms with van der Waals surface area (Å²) in [5.41, 5.74) is 0. The van der Waals surface area contributed by atoms with E-state index in [4.69, 9.17) is 9.29 Å². The van der Waals surface area contributed by atoms with Crippen LogP contribution in [0.25, 0.3) is 0 Å². The van der Waals surface area contributed by atoms with Crippen LogP contribution in [0.3, 0.4) is 0 Å². The molecule has 28 heavy (non-hydrogen) atoms. The van der Waals surface area contributed by atoms with Crippen molar-refractivity contribution in [1.29, 1.82) is 0 Å². The van der Waals surface area contributed by atoms with Crippen molar-refractivity contribution < 1.29 is 32.0 Å². The molecule has 0 spiro atoms. The summed E-state index contributed by atoms with van der Waals surface area (Å²) in [7, 11) is -4.76. The molecule has 1 atom stereocenters. The molecule has 0 aromatic carbocycles. The summed E-state index contributed by atoms with van der Waals surface area (Å²) in [5.74, 6) is -2.06. The average molecular weight is 421 g/mol. The van der Waals surface area contributed by atoms with Crippen molar-refractivity contribution in [3.63, 3.8) is 0 Å². The maximum atomic E-state index is 11.7. The lowest BCUT2D eigenvalue weighted by molar-refractivity contribution is -0.149. The molecule has 7 nitrogen and oxygen atoms in total. The van der Waals surface area contributed by atoms with E-state index in [2.05, 4.69) is 18.2 Å². The van der Waals surface area contributed by atoms with Gasteiger partial charge in [-0.1, -0.05) is 83.8 Å². The van der Waals surface area contributed by atoms with Crippen molar-refractivity contribution in [3.05, 3.63) is 12.7 Å². The lowest BCUT2D eigenvalue weighted by Gasteiger charge is -2.12. The van der Waals surface area contributed by atoms with Crippen LogP contribution in [0.15, 0.2) is 12.7 Å². The summed E-state index contributed by atoms with van der Waals surface area (Å²) in [5, 5.41) is -1.97. The van der Waals surface area contributed by atoms with E-state index in [-0.39, 0.29) is 13.2 Å². The molecule has 0 rings (SSSR count). The van der Waals surface area contributed by atoms with Gasteiger partial charge in [-0.25, -0.2) is 0 Å². The first-order valence-electron chi connectivity index (χ1n) is 10.2. The molecule has 1 unspecified atom stereocenters. The standard InChI is InChI=1S/C20H36O7S/c1-3-5-6-7-8-9-10-11-12-13-14-16-26-19(21)17-18(28(23,24)25)20(22)27-15-4-2/h4,18H,2-3,5-17H2,1H3,(H,23,24,25). The highest BCUT2D eigenvalue weighted by Gasteiger charge is 2.35. The van der Waals surface area contributed by atoms with Crippen LogP contribution >= 0.6 is 0 Å². The smallest absolute Gasteiger partial charge is 0.327 e. The Morgan fingerprint density at radius 2 is 1.43 bits per heavy atom. The lowest BCUT2D eigenvalue weighted by atomic mass is 10.1. The number of esters is 2. The summed E-state index contributed by atoms with van der Waals surface area (Å²) >= 11 is 0. The molecule has 0 radical (unpaired) electrons. The molecule has 8 heteroatoms. The van der Waals surface area contributed by atoms with Crippen molar-refractivity contribution in [3.8, 4) is 0 Å². The molecular weight excluding hydrogens is 384 g/mol. The van der Waals surface area contributed by atoms with Crippen LogP contribution in [0, 0.1) is 0 Å². The van der Waals surface area contributed by atoms with Crippen LogP contribution in [0.4, 0.5) is 0 Å². The molecule has 0 heterocycles. The minimum absolute atomic E-state index is 0.162. The van der Waals surface area contributed by atoms with Gasteiger partial charge in [-0.05, 0) is 6.42 Å². The molecule has 0 aliphatic rings. The second-order valence-electron chi connectivity index (χ2n) is 6.88. The van der Waals surface area contributed by atoms with Gasteiger partial charge in [-0.3, -0.25) is 14.1 Å². The molecule has 0 aromatic heterocycles. The number of carbonyl (C=O) groups is 2. The van der Waals surface area contributed by atoms with Crippen molar-refractivity contribution >= 4 is 22.1 Å². The highest BCUT2D eigenvalue weighted by atomic mass is 32.2. The number of unbranched alkanes of at least 4 members (excludes halogenated alkanes) is 10. The van der Waals surface area contributed by atoms with E-state index in [0.29, 0.717) is 6.42 Å². The van der Waals surface area contributed by atoms with Gasteiger partial charge < -0.3 is 9.47 Å². The fourth-order valence-corrected chi connectivity index (χ4v) is 3.36. The molecule has 164 valence electrons. The van der Waals surface area contributed by atoms with Crippen molar-refractivity contribution in [1.82, 2.24) is 0 Å². The normalized spacial score (nSPS) is 12.4. The van der Waals surface area contributed by atoms with Crippen LogP contribution in [-0.2, 0) is 29.2 Å². The van der Waals surface area contributed by atoms with Gasteiger partial charge in [0.2, 0.25) is 0 Å². The van der Waals surface area contributed by atoms with Crippen LogP contribution in [0.5, 0.6) is 0 Å². The SMILES string of the molecule is C=CCOC(=O)C(CC(=O)OCCCCCCCCCCCCC)S(=O)(=O)O. The Morgan fingerprint density at radius 3 is 1.89 bits per heavy atom. The van der Waals surface area contributed by atoms with Gasteiger partial charge in [0.05, 0.1) is 13.0 Å². The third kappa shape index (κ3) is 14.6. The molecular formula is C20H36O7S. The molecule has 0 saturated heterocycles. The van der Waals surface area contributed by atoms with Crippen molar-refractivity contribution in [2.45, 2.75) is 89.2 Å². The number of hydrogen-bond donors (Lipinski definition) is 1. The number of hydrogen-bond acceptors (Lipinski definition) is 6. The molecule has 1 N–H and O–H groups in total. The fraction of sp³-hybridized carbons (Fsp3) is 0.800.